The van der Waals surface area contributed by atoms with Gasteiger partial charge >= 0.3 is 5.97 Å². The first-order valence-electron chi connectivity index (χ1n) is 10.9. The van der Waals surface area contributed by atoms with Crippen LogP contribution in [-0.2, 0) is 14.3 Å². The van der Waals surface area contributed by atoms with Gasteiger partial charge in [-0.25, -0.2) is 4.79 Å². The van der Waals surface area contributed by atoms with Gasteiger partial charge in [0, 0.05) is 12.8 Å². The third-order valence-corrected chi connectivity index (χ3v) is 7.54. The van der Waals surface area contributed by atoms with E-state index >= 15 is 0 Å². The van der Waals surface area contributed by atoms with E-state index in [9.17, 15) is 4.79 Å². The number of ether oxygens (including phenoxy) is 1. The number of carbonyl (C=O) groups excluding carboxylic acids is 1. The van der Waals surface area contributed by atoms with E-state index in [1.54, 1.807) is 11.8 Å². The molecule has 0 atom stereocenters. The van der Waals surface area contributed by atoms with Gasteiger partial charge in [0.2, 0.25) is 0 Å². The Morgan fingerprint density at radius 2 is 1.55 bits per heavy atom. The Morgan fingerprint density at radius 3 is 2.07 bits per heavy atom. The van der Waals surface area contributed by atoms with Gasteiger partial charge in [0.15, 0.2) is 4.75 Å². The number of quaternary nitrogens is 1. The van der Waals surface area contributed by atoms with E-state index in [4.69, 9.17) is 4.74 Å². The lowest BCUT2D eigenvalue weighted by molar-refractivity contribution is -0.897. The van der Waals surface area contributed by atoms with Crippen LogP contribution in [0, 0.1) is 0 Å². The number of esters is 1. The van der Waals surface area contributed by atoms with Crippen LogP contribution in [0.3, 0.4) is 0 Å². The standard InChI is InChI=1S/C25H34NO2S/c1-3-4-21-29-25(22-13-7-5-8-14-22,23-15-9-6-10-16-23)24(27)28-20-19-26(2)17-11-12-18-26/h5-10,13-16H,3-4,11-12,17-21H2,1-2H3/q+1. The van der Waals surface area contributed by atoms with Crippen LogP contribution in [0.2, 0.25) is 0 Å². The van der Waals surface area contributed by atoms with Gasteiger partial charge in [0.05, 0.1) is 20.1 Å². The quantitative estimate of drug-likeness (QED) is 0.303. The summed E-state index contributed by atoms with van der Waals surface area (Å²) in [6.07, 6.45) is 4.73. The maximum Gasteiger partial charge on any atom is 0.331 e. The van der Waals surface area contributed by atoms with E-state index in [1.807, 2.05) is 36.4 Å². The minimum absolute atomic E-state index is 0.137. The zero-order chi connectivity index (χ0) is 20.6. The molecule has 0 aliphatic carbocycles. The molecule has 1 heterocycles. The first-order chi connectivity index (χ1) is 14.1. The molecule has 0 radical (unpaired) electrons. The second-order valence-corrected chi connectivity index (χ2v) is 9.56. The highest BCUT2D eigenvalue weighted by Gasteiger charge is 2.44. The fourth-order valence-electron chi connectivity index (χ4n) is 4.13. The molecule has 2 aromatic carbocycles. The van der Waals surface area contributed by atoms with Crippen molar-refractivity contribution in [3.8, 4) is 0 Å². The zero-order valence-corrected chi connectivity index (χ0v) is 18.6. The van der Waals surface area contributed by atoms with E-state index in [0.717, 1.165) is 40.7 Å². The van der Waals surface area contributed by atoms with Crippen LogP contribution in [0.15, 0.2) is 60.7 Å². The van der Waals surface area contributed by atoms with Crippen LogP contribution >= 0.6 is 11.8 Å². The van der Waals surface area contributed by atoms with Crippen molar-refractivity contribution in [2.75, 3.05) is 39.0 Å². The Labute approximate surface area is 180 Å². The van der Waals surface area contributed by atoms with E-state index in [-0.39, 0.29) is 5.97 Å². The Bertz CT molecular complexity index is 717. The van der Waals surface area contributed by atoms with Crippen molar-refractivity contribution in [3.05, 3.63) is 71.8 Å². The molecule has 0 spiro atoms. The summed E-state index contributed by atoms with van der Waals surface area (Å²) in [4.78, 5) is 13.7. The van der Waals surface area contributed by atoms with E-state index in [1.165, 1.54) is 25.9 Å². The smallest absolute Gasteiger partial charge is 0.331 e. The fourth-order valence-corrected chi connectivity index (χ4v) is 5.65. The number of nitrogens with zero attached hydrogens (tertiary/aromatic N) is 1. The summed E-state index contributed by atoms with van der Waals surface area (Å²) in [5.74, 6) is 0.783. The lowest BCUT2D eigenvalue weighted by Gasteiger charge is -2.33. The van der Waals surface area contributed by atoms with Crippen molar-refractivity contribution in [2.24, 2.45) is 0 Å². The van der Waals surface area contributed by atoms with Crippen molar-refractivity contribution in [3.63, 3.8) is 0 Å². The van der Waals surface area contributed by atoms with E-state index in [0.29, 0.717) is 6.61 Å². The molecule has 0 saturated carbocycles. The molecule has 156 valence electrons. The van der Waals surface area contributed by atoms with Gasteiger partial charge in [0.1, 0.15) is 13.2 Å². The average molecular weight is 413 g/mol. The minimum Gasteiger partial charge on any atom is -0.458 e. The molecule has 1 aliphatic heterocycles. The third kappa shape index (κ3) is 5.23. The number of thioether (sulfide) groups is 1. The molecule has 1 aliphatic rings. The van der Waals surface area contributed by atoms with E-state index in [2.05, 4.69) is 38.2 Å². The van der Waals surface area contributed by atoms with Crippen molar-refractivity contribution in [2.45, 2.75) is 37.4 Å². The monoisotopic (exact) mass is 412 g/mol. The lowest BCUT2D eigenvalue weighted by Crippen LogP contribution is -2.45. The molecule has 1 fully saturated rings. The van der Waals surface area contributed by atoms with Crippen LogP contribution < -0.4 is 0 Å². The molecule has 2 aromatic rings. The molecule has 0 unspecified atom stereocenters. The number of benzene rings is 2. The molecular formula is C25H34NO2S+. The normalized spacial score (nSPS) is 15.9. The molecule has 0 aromatic heterocycles. The van der Waals surface area contributed by atoms with Gasteiger partial charge < -0.3 is 9.22 Å². The highest BCUT2D eigenvalue weighted by molar-refractivity contribution is 8.01. The summed E-state index contributed by atoms with van der Waals surface area (Å²) in [7, 11) is 2.28. The molecule has 0 N–H and O–H groups in total. The van der Waals surface area contributed by atoms with Crippen LogP contribution in [0.1, 0.15) is 43.7 Å². The number of hydrogen-bond acceptors (Lipinski definition) is 3. The topological polar surface area (TPSA) is 26.3 Å². The summed E-state index contributed by atoms with van der Waals surface area (Å²) in [5.41, 5.74) is 2.00. The molecule has 3 rings (SSSR count). The van der Waals surface area contributed by atoms with Crippen molar-refractivity contribution >= 4 is 17.7 Å². The first kappa shape index (κ1) is 21.9. The summed E-state index contributed by atoms with van der Waals surface area (Å²) in [6.45, 7) is 5.93. The highest BCUT2D eigenvalue weighted by atomic mass is 32.2. The van der Waals surface area contributed by atoms with Crippen molar-refractivity contribution < 1.29 is 14.0 Å². The summed E-state index contributed by atoms with van der Waals surface area (Å²) in [5, 5.41) is 0. The van der Waals surface area contributed by atoms with Gasteiger partial charge in [-0.2, -0.15) is 0 Å². The van der Waals surface area contributed by atoms with Crippen molar-refractivity contribution in [1.82, 2.24) is 0 Å². The van der Waals surface area contributed by atoms with Crippen LogP contribution in [0.25, 0.3) is 0 Å². The molecule has 3 nitrogen and oxygen atoms in total. The van der Waals surface area contributed by atoms with Crippen molar-refractivity contribution in [1.29, 1.82) is 0 Å². The summed E-state index contributed by atoms with van der Waals surface area (Å²) < 4.78 is 6.19. The van der Waals surface area contributed by atoms with Gasteiger partial charge in [-0.05, 0) is 23.3 Å². The number of unbranched alkanes of at least 4 members (excludes halogenated alkanes) is 1. The number of carbonyl (C=O) groups is 1. The largest absolute Gasteiger partial charge is 0.458 e. The summed E-state index contributed by atoms with van der Waals surface area (Å²) >= 11 is 1.71. The Kier molecular flexibility index (Phi) is 7.79. The molecule has 0 amide bonds. The number of likely N-dealkylation sites (tertiary alicyclic amines) is 1. The van der Waals surface area contributed by atoms with Gasteiger partial charge in [0.25, 0.3) is 0 Å². The lowest BCUT2D eigenvalue weighted by atomic mass is 9.90. The number of hydrogen-bond donors (Lipinski definition) is 0. The maximum absolute atomic E-state index is 13.7. The zero-order valence-electron chi connectivity index (χ0n) is 17.8. The second kappa shape index (κ2) is 10.3. The van der Waals surface area contributed by atoms with Gasteiger partial charge in [-0.3, -0.25) is 0 Å². The molecule has 4 heteroatoms. The third-order valence-electron chi connectivity index (χ3n) is 5.97. The molecule has 1 saturated heterocycles. The predicted molar refractivity (Wildman–Crippen MR) is 122 cm³/mol. The molecule has 0 bridgehead atoms. The highest BCUT2D eigenvalue weighted by Crippen LogP contribution is 2.44. The van der Waals surface area contributed by atoms with Crippen LogP contribution in [-0.4, -0.2) is 49.5 Å². The van der Waals surface area contributed by atoms with Crippen LogP contribution in [0.5, 0.6) is 0 Å². The van der Waals surface area contributed by atoms with Gasteiger partial charge in [-0.15, -0.1) is 11.8 Å². The average Bonchev–Trinajstić information content (AvgIpc) is 3.19. The van der Waals surface area contributed by atoms with Gasteiger partial charge in [-0.1, -0.05) is 74.0 Å². The second-order valence-electron chi connectivity index (χ2n) is 8.25. The molecule has 29 heavy (non-hydrogen) atoms. The Morgan fingerprint density at radius 1 is 1.00 bits per heavy atom. The minimum atomic E-state index is -0.818. The summed E-state index contributed by atoms with van der Waals surface area (Å²) in [6, 6.07) is 20.3. The Balaban J connectivity index is 1.88. The fraction of sp³-hybridized carbons (Fsp3) is 0.480. The predicted octanol–water partition coefficient (Wildman–Crippen LogP) is 5.25. The first-order valence-corrected chi connectivity index (χ1v) is 11.8. The number of likely N-dealkylation sites (N-methyl/N-ethyl adjacent to an activating group) is 1. The van der Waals surface area contributed by atoms with Crippen LogP contribution in [0.4, 0.5) is 0 Å². The molecular weight excluding hydrogens is 378 g/mol. The Hall–Kier alpha value is -1.78. The maximum atomic E-state index is 13.7. The van der Waals surface area contributed by atoms with E-state index < -0.39 is 4.75 Å². The SMILES string of the molecule is CCCCSC(C(=O)OCC[N+]1(C)CCCC1)(c1ccccc1)c1ccccc1. The number of rotatable bonds is 10.